The van der Waals surface area contributed by atoms with E-state index in [0.717, 1.165) is 12.1 Å². The third kappa shape index (κ3) is 2.60. The molecule has 1 N–H and O–H groups in total. The van der Waals surface area contributed by atoms with Crippen LogP contribution in [0.4, 0.5) is 4.39 Å². The Morgan fingerprint density at radius 1 is 1.17 bits per heavy atom. The molecule has 0 unspecified atom stereocenters. The Morgan fingerprint density at radius 2 is 1.78 bits per heavy atom. The maximum absolute atomic E-state index is 13.1. The van der Waals surface area contributed by atoms with Gasteiger partial charge in [0.05, 0.1) is 11.3 Å². The fourth-order valence-corrected chi connectivity index (χ4v) is 2.04. The van der Waals surface area contributed by atoms with E-state index in [-0.39, 0.29) is 11.3 Å². The summed E-state index contributed by atoms with van der Waals surface area (Å²) < 4.78 is 13.1. The number of aromatic carboxylic acids is 1. The molecule has 1 aromatic carbocycles. The van der Waals surface area contributed by atoms with Gasteiger partial charge in [0, 0.05) is 15.6 Å². The van der Waals surface area contributed by atoms with Crippen LogP contribution in [0, 0.1) is 5.95 Å². The quantitative estimate of drug-likeness (QED) is 0.852. The highest BCUT2D eigenvalue weighted by atomic mass is 35.5. The first-order chi connectivity index (χ1) is 8.47. The second-order valence-corrected chi connectivity index (χ2v) is 4.37. The van der Waals surface area contributed by atoms with Gasteiger partial charge in [-0.1, -0.05) is 23.2 Å². The van der Waals surface area contributed by atoms with E-state index in [1.165, 1.54) is 18.2 Å². The van der Waals surface area contributed by atoms with Crippen molar-refractivity contribution >= 4 is 29.2 Å². The lowest BCUT2D eigenvalue weighted by atomic mass is 10.1. The number of benzene rings is 1. The summed E-state index contributed by atoms with van der Waals surface area (Å²) >= 11 is 11.6. The summed E-state index contributed by atoms with van der Waals surface area (Å²) in [6, 6.07) is 6.57. The van der Waals surface area contributed by atoms with Gasteiger partial charge in [-0.05, 0) is 30.3 Å². The third-order valence-electron chi connectivity index (χ3n) is 2.23. The zero-order valence-corrected chi connectivity index (χ0v) is 10.3. The molecule has 0 atom stereocenters. The molecule has 18 heavy (non-hydrogen) atoms. The maximum atomic E-state index is 13.1. The molecule has 2 aromatic rings. The lowest BCUT2D eigenvalue weighted by Gasteiger charge is -2.06. The van der Waals surface area contributed by atoms with Crippen molar-refractivity contribution in [3.63, 3.8) is 0 Å². The molecule has 2 rings (SSSR count). The van der Waals surface area contributed by atoms with E-state index >= 15 is 0 Å². The Morgan fingerprint density at radius 3 is 2.33 bits per heavy atom. The van der Waals surface area contributed by atoms with E-state index in [9.17, 15) is 9.18 Å². The summed E-state index contributed by atoms with van der Waals surface area (Å²) in [5.74, 6) is -1.97. The minimum absolute atomic E-state index is 0.00750. The number of pyridine rings is 1. The van der Waals surface area contributed by atoms with Crippen LogP contribution >= 0.6 is 23.2 Å². The maximum Gasteiger partial charge on any atom is 0.337 e. The van der Waals surface area contributed by atoms with Gasteiger partial charge in [0.25, 0.3) is 0 Å². The van der Waals surface area contributed by atoms with Gasteiger partial charge in [0.1, 0.15) is 0 Å². The third-order valence-corrected chi connectivity index (χ3v) is 2.66. The number of halogens is 3. The lowest BCUT2D eigenvalue weighted by molar-refractivity contribution is 0.0697. The van der Waals surface area contributed by atoms with Crippen molar-refractivity contribution < 1.29 is 14.3 Å². The molecule has 0 aliphatic carbocycles. The van der Waals surface area contributed by atoms with Crippen LogP contribution in [-0.2, 0) is 0 Å². The molecule has 6 heteroatoms. The van der Waals surface area contributed by atoms with Gasteiger partial charge < -0.3 is 5.11 Å². The van der Waals surface area contributed by atoms with Gasteiger partial charge in [-0.25, -0.2) is 9.78 Å². The van der Waals surface area contributed by atoms with Gasteiger partial charge in [-0.2, -0.15) is 4.39 Å². The molecule has 3 nitrogen and oxygen atoms in total. The molecule has 0 spiro atoms. The molecule has 0 saturated heterocycles. The van der Waals surface area contributed by atoms with Crippen molar-refractivity contribution in [1.82, 2.24) is 4.98 Å². The Hall–Kier alpha value is -1.65. The van der Waals surface area contributed by atoms with Crippen molar-refractivity contribution in [3.8, 4) is 11.3 Å². The molecule has 0 bridgehead atoms. The molecule has 0 fully saturated rings. The van der Waals surface area contributed by atoms with Crippen LogP contribution < -0.4 is 0 Å². The van der Waals surface area contributed by atoms with Gasteiger partial charge in [-0.3, -0.25) is 0 Å². The van der Waals surface area contributed by atoms with Crippen LogP contribution in [0.25, 0.3) is 11.3 Å². The van der Waals surface area contributed by atoms with Gasteiger partial charge in [0.15, 0.2) is 0 Å². The molecule has 0 saturated carbocycles. The van der Waals surface area contributed by atoms with E-state index < -0.39 is 11.9 Å². The average Bonchev–Trinajstić information content (AvgIpc) is 2.27. The first-order valence-corrected chi connectivity index (χ1v) is 5.59. The molecule has 92 valence electrons. The minimum atomic E-state index is -1.20. The molecule has 0 aliphatic heterocycles. The minimum Gasteiger partial charge on any atom is -0.478 e. The van der Waals surface area contributed by atoms with E-state index in [4.69, 9.17) is 28.3 Å². The number of carboxylic acids is 1. The summed E-state index contributed by atoms with van der Waals surface area (Å²) in [6.45, 7) is 0. The second kappa shape index (κ2) is 4.92. The van der Waals surface area contributed by atoms with Crippen molar-refractivity contribution in [2.24, 2.45) is 0 Å². The highest BCUT2D eigenvalue weighted by Crippen LogP contribution is 2.28. The predicted molar refractivity (Wildman–Crippen MR) is 66.6 cm³/mol. The Balaban J connectivity index is 2.68. The van der Waals surface area contributed by atoms with E-state index in [1.54, 1.807) is 0 Å². The number of nitrogens with zero attached hydrogens (tertiary/aromatic N) is 1. The first-order valence-electron chi connectivity index (χ1n) is 4.83. The Kier molecular flexibility index (Phi) is 3.50. The summed E-state index contributed by atoms with van der Waals surface area (Å²) in [4.78, 5) is 14.6. The number of hydrogen-bond donors (Lipinski definition) is 1. The molecular weight excluding hydrogens is 280 g/mol. The highest BCUT2D eigenvalue weighted by molar-refractivity contribution is 6.35. The zero-order valence-electron chi connectivity index (χ0n) is 8.82. The molecule has 1 aromatic heterocycles. The predicted octanol–water partition coefficient (Wildman–Crippen LogP) is 3.89. The summed E-state index contributed by atoms with van der Waals surface area (Å²) in [5.41, 5.74) is 0.228. The fraction of sp³-hybridized carbons (Fsp3) is 0. The fourth-order valence-electron chi connectivity index (χ4n) is 1.52. The monoisotopic (exact) mass is 285 g/mol. The van der Waals surface area contributed by atoms with Crippen molar-refractivity contribution in [1.29, 1.82) is 0 Å². The zero-order chi connectivity index (χ0) is 13.3. The van der Waals surface area contributed by atoms with E-state index in [1.807, 2.05) is 0 Å². The smallest absolute Gasteiger partial charge is 0.337 e. The molecular formula is C12H6Cl2FNO2. The Labute approximate surface area is 112 Å². The second-order valence-electron chi connectivity index (χ2n) is 3.49. The summed E-state index contributed by atoms with van der Waals surface area (Å²) in [7, 11) is 0. The van der Waals surface area contributed by atoms with Crippen molar-refractivity contribution in [3.05, 3.63) is 51.9 Å². The number of hydrogen-bond acceptors (Lipinski definition) is 2. The molecule has 1 heterocycles. The molecule has 0 aliphatic rings. The van der Waals surface area contributed by atoms with Gasteiger partial charge in [-0.15, -0.1) is 0 Å². The number of aromatic nitrogens is 1. The van der Waals surface area contributed by atoms with E-state index in [0.29, 0.717) is 15.6 Å². The standard InChI is InChI=1S/C12H6Cl2FNO2/c13-7-3-6(4-8(14)5-7)11-9(12(17)18)1-2-10(15)16-11/h1-5H,(H,17,18). The SMILES string of the molecule is O=C(O)c1ccc(F)nc1-c1cc(Cl)cc(Cl)c1. The Bertz CT molecular complexity index is 611. The van der Waals surface area contributed by atoms with E-state index in [2.05, 4.69) is 4.98 Å². The summed E-state index contributed by atoms with van der Waals surface area (Å²) in [5, 5.41) is 9.67. The van der Waals surface area contributed by atoms with Crippen LogP contribution in [0.15, 0.2) is 30.3 Å². The van der Waals surface area contributed by atoms with Crippen LogP contribution in [0.5, 0.6) is 0 Å². The first kappa shape index (κ1) is 12.8. The largest absolute Gasteiger partial charge is 0.478 e. The number of carboxylic acid groups (broad SMARTS) is 1. The number of rotatable bonds is 2. The van der Waals surface area contributed by atoms with Crippen LogP contribution in [0.1, 0.15) is 10.4 Å². The lowest BCUT2D eigenvalue weighted by Crippen LogP contribution is -2.03. The summed E-state index contributed by atoms with van der Waals surface area (Å²) in [6.07, 6.45) is 0. The van der Waals surface area contributed by atoms with Crippen LogP contribution in [-0.4, -0.2) is 16.1 Å². The number of carbonyl (C=O) groups is 1. The van der Waals surface area contributed by atoms with Crippen molar-refractivity contribution in [2.45, 2.75) is 0 Å². The normalized spacial score (nSPS) is 10.4. The average molecular weight is 286 g/mol. The van der Waals surface area contributed by atoms with Gasteiger partial charge >= 0.3 is 5.97 Å². The van der Waals surface area contributed by atoms with Crippen LogP contribution in [0.2, 0.25) is 10.0 Å². The highest BCUT2D eigenvalue weighted by Gasteiger charge is 2.15. The van der Waals surface area contributed by atoms with Gasteiger partial charge in [0.2, 0.25) is 5.95 Å². The van der Waals surface area contributed by atoms with Crippen LogP contribution in [0.3, 0.4) is 0 Å². The topological polar surface area (TPSA) is 50.2 Å². The molecule has 0 radical (unpaired) electrons. The van der Waals surface area contributed by atoms with Crippen molar-refractivity contribution in [2.75, 3.05) is 0 Å². The molecule has 0 amide bonds.